The topological polar surface area (TPSA) is 70.5 Å². The van der Waals surface area contributed by atoms with Crippen molar-refractivity contribution in [3.63, 3.8) is 0 Å². The van der Waals surface area contributed by atoms with Crippen molar-refractivity contribution in [2.24, 2.45) is 0 Å². The van der Waals surface area contributed by atoms with Gasteiger partial charge in [-0.3, -0.25) is 14.6 Å². The number of carbonyl (C=O) groups excluding carboxylic acids is 1. The van der Waals surface area contributed by atoms with Gasteiger partial charge in [0, 0.05) is 24.3 Å². The molecule has 3 aromatic rings. The van der Waals surface area contributed by atoms with Crippen molar-refractivity contribution in [2.75, 3.05) is 6.54 Å². The Morgan fingerprint density at radius 1 is 1.04 bits per heavy atom. The highest BCUT2D eigenvalue weighted by molar-refractivity contribution is 5.90. The fraction of sp³-hybridized carbons (Fsp3) is 0.150. The Morgan fingerprint density at radius 3 is 2.50 bits per heavy atom. The van der Waals surface area contributed by atoms with Gasteiger partial charge in [0.15, 0.2) is 0 Å². The number of benzene rings is 2. The summed E-state index contributed by atoms with van der Waals surface area (Å²) in [4.78, 5) is 29.3. The third-order valence-corrected chi connectivity index (χ3v) is 4.06. The third kappa shape index (κ3) is 4.22. The summed E-state index contributed by atoms with van der Waals surface area (Å²) in [5.41, 5.74) is 1.40. The van der Waals surface area contributed by atoms with Crippen LogP contribution in [0, 0.1) is 5.82 Å². The average Bonchev–Trinajstić information content (AvgIpc) is 2.63. The van der Waals surface area contributed by atoms with Gasteiger partial charge in [0.25, 0.3) is 0 Å². The smallest absolute Gasteiger partial charge is 0.323 e. The maximum absolute atomic E-state index is 13.0. The molecule has 1 amide bonds. The van der Waals surface area contributed by atoms with Crippen molar-refractivity contribution in [1.29, 1.82) is 0 Å². The predicted molar refractivity (Wildman–Crippen MR) is 94.9 cm³/mol. The molecule has 1 heterocycles. The Balaban J connectivity index is 1.82. The summed E-state index contributed by atoms with van der Waals surface area (Å²) >= 11 is 0. The number of hydrogen-bond donors (Lipinski definition) is 1. The van der Waals surface area contributed by atoms with Crippen molar-refractivity contribution >= 4 is 22.6 Å². The largest absolute Gasteiger partial charge is 0.480 e. The molecule has 0 saturated heterocycles. The Kier molecular flexibility index (Phi) is 5.22. The number of carboxylic acid groups (broad SMARTS) is 1. The van der Waals surface area contributed by atoms with E-state index in [4.69, 9.17) is 5.11 Å². The Labute approximate surface area is 149 Å². The number of carboxylic acids is 1. The first-order valence-corrected chi connectivity index (χ1v) is 8.08. The minimum absolute atomic E-state index is 0.0445. The molecule has 0 radical (unpaired) electrons. The number of halogens is 1. The van der Waals surface area contributed by atoms with Gasteiger partial charge in [-0.1, -0.05) is 36.4 Å². The average molecular weight is 352 g/mol. The fourth-order valence-corrected chi connectivity index (χ4v) is 2.80. The number of carbonyl (C=O) groups is 2. The van der Waals surface area contributed by atoms with Crippen LogP contribution in [-0.2, 0) is 22.6 Å². The van der Waals surface area contributed by atoms with Gasteiger partial charge >= 0.3 is 5.97 Å². The van der Waals surface area contributed by atoms with Crippen molar-refractivity contribution in [1.82, 2.24) is 9.88 Å². The van der Waals surface area contributed by atoms with Crippen molar-refractivity contribution in [2.45, 2.75) is 13.0 Å². The normalized spacial score (nSPS) is 10.7. The summed E-state index contributed by atoms with van der Waals surface area (Å²) in [6.07, 6.45) is 3.39. The number of hydrogen-bond acceptors (Lipinski definition) is 3. The zero-order valence-electron chi connectivity index (χ0n) is 13.9. The van der Waals surface area contributed by atoms with Gasteiger partial charge in [-0.25, -0.2) is 4.39 Å². The van der Waals surface area contributed by atoms with Crippen LogP contribution in [0.5, 0.6) is 0 Å². The van der Waals surface area contributed by atoms with Crippen LogP contribution in [0.4, 0.5) is 4.39 Å². The maximum Gasteiger partial charge on any atom is 0.323 e. The first kappa shape index (κ1) is 17.5. The fourth-order valence-electron chi connectivity index (χ4n) is 2.80. The zero-order chi connectivity index (χ0) is 18.5. The molecule has 132 valence electrons. The summed E-state index contributed by atoms with van der Waals surface area (Å²) in [5.74, 6) is -1.81. The van der Waals surface area contributed by atoms with Crippen LogP contribution in [0.2, 0.25) is 0 Å². The van der Waals surface area contributed by atoms with Crippen molar-refractivity contribution in [3.05, 3.63) is 77.9 Å². The van der Waals surface area contributed by atoms with E-state index in [1.54, 1.807) is 12.4 Å². The molecule has 3 rings (SSSR count). The SMILES string of the molecule is O=C(O)CN(Cc1ccc(F)cc1)C(=O)Cc1cncc2ccccc12. The van der Waals surface area contributed by atoms with Gasteiger partial charge < -0.3 is 10.0 Å². The summed E-state index contributed by atoms with van der Waals surface area (Å²) in [6, 6.07) is 13.2. The van der Waals surface area contributed by atoms with Gasteiger partial charge in [-0.05, 0) is 28.6 Å². The van der Waals surface area contributed by atoms with Gasteiger partial charge in [0.1, 0.15) is 12.4 Å². The highest BCUT2D eigenvalue weighted by Gasteiger charge is 2.18. The van der Waals surface area contributed by atoms with Crippen LogP contribution in [0.25, 0.3) is 10.8 Å². The molecule has 0 unspecified atom stereocenters. The van der Waals surface area contributed by atoms with Gasteiger partial charge in [-0.15, -0.1) is 0 Å². The monoisotopic (exact) mass is 352 g/mol. The molecule has 0 aliphatic heterocycles. The molecule has 5 nitrogen and oxygen atoms in total. The molecule has 0 aliphatic rings. The van der Waals surface area contributed by atoms with Crippen molar-refractivity contribution < 1.29 is 19.1 Å². The van der Waals surface area contributed by atoms with Gasteiger partial charge in [-0.2, -0.15) is 0 Å². The number of aromatic nitrogens is 1. The summed E-state index contributed by atoms with van der Waals surface area (Å²) in [5, 5.41) is 11.0. The first-order chi connectivity index (χ1) is 12.5. The zero-order valence-corrected chi connectivity index (χ0v) is 13.9. The second-order valence-electron chi connectivity index (χ2n) is 5.97. The lowest BCUT2D eigenvalue weighted by atomic mass is 10.0. The van der Waals surface area contributed by atoms with Crippen LogP contribution >= 0.6 is 0 Å². The van der Waals surface area contributed by atoms with Crippen LogP contribution in [0.15, 0.2) is 60.9 Å². The second kappa shape index (κ2) is 7.74. The van der Waals surface area contributed by atoms with E-state index < -0.39 is 12.5 Å². The number of amides is 1. The Bertz CT molecular complexity index is 936. The van der Waals surface area contributed by atoms with Gasteiger partial charge in [0.2, 0.25) is 5.91 Å². The Morgan fingerprint density at radius 2 is 1.77 bits per heavy atom. The molecule has 0 atom stereocenters. The lowest BCUT2D eigenvalue weighted by molar-refractivity contribution is -0.144. The van der Waals surface area contributed by atoms with E-state index >= 15 is 0 Å². The van der Waals surface area contributed by atoms with Crippen LogP contribution in [0.3, 0.4) is 0 Å². The van der Waals surface area contributed by atoms with Crippen LogP contribution in [0.1, 0.15) is 11.1 Å². The van der Waals surface area contributed by atoms with Crippen molar-refractivity contribution in [3.8, 4) is 0 Å². The minimum Gasteiger partial charge on any atom is -0.480 e. The number of nitrogens with zero attached hydrogens (tertiary/aromatic N) is 2. The quantitative estimate of drug-likeness (QED) is 0.740. The minimum atomic E-state index is -1.10. The Hall–Kier alpha value is -3.28. The molecule has 0 bridgehead atoms. The molecule has 0 saturated carbocycles. The number of aliphatic carboxylic acids is 1. The summed E-state index contributed by atoms with van der Waals surface area (Å²) in [6.45, 7) is -0.321. The maximum atomic E-state index is 13.0. The highest BCUT2D eigenvalue weighted by atomic mass is 19.1. The van der Waals surface area contributed by atoms with E-state index in [9.17, 15) is 14.0 Å². The molecule has 0 spiro atoms. The van der Waals surface area contributed by atoms with Crippen LogP contribution in [-0.4, -0.2) is 33.4 Å². The molecular weight excluding hydrogens is 335 g/mol. The molecule has 2 aromatic carbocycles. The second-order valence-corrected chi connectivity index (χ2v) is 5.97. The summed E-state index contributed by atoms with van der Waals surface area (Å²) in [7, 11) is 0. The number of rotatable bonds is 6. The lowest BCUT2D eigenvalue weighted by Crippen LogP contribution is -2.36. The molecule has 0 fully saturated rings. The van der Waals surface area contributed by atoms with Gasteiger partial charge in [0.05, 0.1) is 6.42 Å². The highest BCUT2D eigenvalue weighted by Crippen LogP contribution is 2.18. The lowest BCUT2D eigenvalue weighted by Gasteiger charge is -2.21. The third-order valence-electron chi connectivity index (χ3n) is 4.06. The van der Waals surface area contributed by atoms with E-state index in [2.05, 4.69) is 4.98 Å². The number of fused-ring (bicyclic) bond motifs is 1. The predicted octanol–water partition coefficient (Wildman–Crippen LogP) is 3.03. The van der Waals surface area contributed by atoms with E-state index in [1.165, 1.54) is 29.2 Å². The standard InChI is InChI=1S/C20H17FN2O3/c21-17-7-5-14(6-8-17)12-23(13-20(25)26)19(24)9-16-11-22-10-15-3-1-2-4-18(15)16/h1-8,10-11H,9,12-13H2,(H,25,26). The molecule has 1 N–H and O–H groups in total. The molecule has 1 aromatic heterocycles. The molecule has 6 heteroatoms. The van der Waals surface area contributed by atoms with E-state index in [-0.39, 0.29) is 24.7 Å². The molecule has 0 aliphatic carbocycles. The number of pyridine rings is 1. The van der Waals surface area contributed by atoms with E-state index in [1.807, 2.05) is 24.3 Å². The summed E-state index contributed by atoms with van der Waals surface area (Å²) < 4.78 is 13.0. The molecular formula is C20H17FN2O3. The van der Waals surface area contributed by atoms with E-state index in [0.717, 1.165) is 16.3 Å². The first-order valence-electron chi connectivity index (χ1n) is 8.08. The van der Waals surface area contributed by atoms with Crippen LogP contribution < -0.4 is 0 Å². The van der Waals surface area contributed by atoms with E-state index in [0.29, 0.717) is 5.56 Å². The molecule has 26 heavy (non-hydrogen) atoms.